The maximum absolute atomic E-state index is 12.1. The lowest BCUT2D eigenvalue weighted by Crippen LogP contribution is -2.27. The third kappa shape index (κ3) is 5.10. The maximum atomic E-state index is 12.1. The van der Waals surface area contributed by atoms with Crippen LogP contribution in [0.15, 0.2) is 34.8 Å². The van der Waals surface area contributed by atoms with Gasteiger partial charge in [-0.1, -0.05) is 12.1 Å². The van der Waals surface area contributed by atoms with Crippen LogP contribution in [0.3, 0.4) is 0 Å². The van der Waals surface area contributed by atoms with E-state index in [1.165, 1.54) is 0 Å². The number of benzene rings is 2. The highest BCUT2D eigenvalue weighted by atomic mass is 79.9. The Hall–Kier alpha value is -1.80. The fourth-order valence-corrected chi connectivity index (χ4v) is 2.93. The standard InChI is InChI=1S/C16H18BrNO5S/c1-16(2,3)22-15(19)18-14-12-9-11(23-24(4,20)21)7-5-10(12)6-8-13(14)17/h5-9H,1-4H3,(H,18,19). The monoisotopic (exact) mass is 415 g/mol. The molecule has 0 saturated heterocycles. The van der Waals surface area contributed by atoms with Crippen LogP contribution in [0, 0.1) is 0 Å². The molecular formula is C16H18BrNO5S. The van der Waals surface area contributed by atoms with Gasteiger partial charge in [0.2, 0.25) is 0 Å². The second kappa shape index (κ2) is 6.60. The van der Waals surface area contributed by atoms with Gasteiger partial charge < -0.3 is 8.92 Å². The summed E-state index contributed by atoms with van der Waals surface area (Å²) >= 11 is 3.38. The molecule has 0 aromatic heterocycles. The normalized spacial score (nSPS) is 12.0. The van der Waals surface area contributed by atoms with E-state index in [-0.39, 0.29) is 5.75 Å². The minimum Gasteiger partial charge on any atom is -0.444 e. The van der Waals surface area contributed by atoms with Crippen molar-refractivity contribution in [2.45, 2.75) is 26.4 Å². The van der Waals surface area contributed by atoms with Crippen LogP contribution < -0.4 is 9.50 Å². The molecular weight excluding hydrogens is 398 g/mol. The molecule has 0 aliphatic carbocycles. The SMILES string of the molecule is CC(C)(C)OC(=O)Nc1c(Br)ccc2ccc(OS(C)(=O)=O)cc12. The molecule has 2 rings (SSSR count). The quantitative estimate of drug-likeness (QED) is 0.755. The molecule has 2 aromatic carbocycles. The third-order valence-electron chi connectivity index (χ3n) is 2.82. The number of rotatable bonds is 3. The van der Waals surface area contributed by atoms with Gasteiger partial charge in [-0.05, 0) is 60.3 Å². The van der Waals surface area contributed by atoms with Gasteiger partial charge in [-0.2, -0.15) is 8.42 Å². The number of amides is 1. The number of carbonyl (C=O) groups excluding carboxylic acids is 1. The summed E-state index contributed by atoms with van der Waals surface area (Å²) < 4.78 is 33.4. The molecule has 1 N–H and O–H groups in total. The Bertz CT molecular complexity index is 887. The van der Waals surface area contributed by atoms with Gasteiger partial charge in [-0.3, -0.25) is 5.32 Å². The summed E-state index contributed by atoms with van der Waals surface area (Å²) in [5, 5.41) is 4.12. The highest BCUT2D eigenvalue weighted by Crippen LogP contribution is 2.34. The van der Waals surface area contributed by atoms with Gasteiger partial charge in [-0.25, -0.2) is 4.79 Å². The Kier molecular flexibility index (Phi) is 5.10. The summed E-state index contributed by atoms with van der Waals surface area (Å²) in [5.74, 6) is 0.162. The molecule has 0 spiro atoms. The molecule has 0 heterocycles. The molecule has 0 unspecified atom stereocenters. The average molecular weight is 416 g/mol. The average Bonchev–Trinajstić information content (AvgIpc) is 2.38. The van der Waals surface area contributed by atoms with Crippen LogP contribution in [0.25, 0.3) is 10.8 Å². The first-order valence-corrected chi connectivity index (χ1v) is 9.67. The highest BCUT2D eigenvalue weighted by molar-refractivity contribution is 9.10. The van der Waals surface area contributed by atoms with E-state index in [9.17, 15) is 13.2 Å². The van der Waals surface area contributed by atoms with E-state index in [1.54, 1.807) is 45.0 Å². The summed E-state index contributed by atoms with van der Waals surface area (Å²) in [6, 6.07) is 8.43. The molecule has 6 nitrogen and oxygen atoms in total. The predicted molar refractivity (Wildman–Crippen MR) is 97.0 cm³/mol. The molecule has 0 atom stereocenters. The zero-order valence-electron chi connectivity index (χ0n) is 13.7. The molecule has 0 aliphatic rings. The number of hydrogen-bond acceptors (Lipinski definition) is 5. The van der Waals surface area contributed by atoms with Crippen molar-refractivity contribution in [3.63, 3.8) is 0 Å². The van der Waals surface area contributed by atoms with Crippen molar-refractivity contribution in [2.75, 3.05) is 11.6 Å². The Morgan fingerprint density at radius 3 is 2.38 bits per heavy atom. The van der Waals surface area contributed by atoms with Crippen molar-refractivity contribution in [2.24, 2.45) is 0 Å². The van der Waals surface area contributed by atoms with Crippen LogP contribution in [0.4, 0.5) is 10.5 Å². The lowest BCUT2D eigenvalue weighted by atomic mass is 10.1. The van der Waals surface area contributed by atoms with Gasteiger partial charge in [0.25, 0.3) is 0 Å². The minimum atomic E-state index is -3.64. The van der Waals surface area contributed by atoms with Gasteiger partial charge in [0.1, 0.15) is 11.4 Å². The van der Waals surface area contributed by atoms with Crippen LogP contribution in [-0.2, 0) is 14.9 Å². The van der Waals surface area contributed by atoms with E-state index >= 15 is 0 Å². The first kappa shape index (κ1) is 18.5. The van der Waals surface area contributed by atoms with E-state index in [4.69, 9.17) is 8.92 Å². The molecule has 0 radical (unpaired) electrons. The van der Waals surface area contributed by atoms with E-state index in [2.05, 4.69) is 21.2 Å². The van der Waals surface area contributed by atoms with Crippen molar-refractivity contribution in [1.29, 1.82) is 0 Å². The van der Waals surface area contributed by atoms with Crippen LogP contribution in [0.1, 0.15) is 20.8 Å². The molecule has 1 amide bonds. The first-order valence-electron chi connectivity index (χ1n) is 7.06. The number of halogens is 1. The molecule has 0 saturated carbocycles. The Morgan fingerprint density at radius 1 is 1.17 bits per heavy atom. The Labute approximate surface area is 149 Å². The molecule has 0 aliphatic heterocycles. The molecule has 0 bridgehead atoms. The van der Waals surface area contributed by atoms with Crippen molar-refractivity contribution in [3.05, 3.63) is 34.8 Å². The van der Waals surface area contributed by atoms with Crippen LogP contribution >= 0.6 is 15.9 Å². The number of carbonyl (C=O) groups is 1. The van der Waals surface area contributed by atoms with Crippen molar-refractivity contribution in [1.82, 2.24) is 0 Å². The number of nitrogens with one attached hydrogen (secondary N) is 1. The summed E-state index contributed by atoms with van der Waals surface area (Å²) in [6.07, 6.45) is 0.364. The van der Waals surface area contributed by atoms with E-state index in [0.29, 0.717) is 15.5 Å². The van der Waals surface area contributed by atoms with Gasteiger partial charge in [0.15, 0.2) is 0 Å². The topological polar surface area (TPSA) is 81.7 Å². The number of anilines is 1. The lowest BCUT2D eigenvalue weighted by molar-refractivity contribution is 0.0636. The van der Waals surface area contributed by atoms with Gasteiger partial charge >= 0.3 is 16.2 Å². The number of hydrogen-bond donors (Lipinski definition) is 1. The Morgan fingerprint density at radius 2 is 1.79 bits per heavy atom. The number of fused-ring (bicyclic) bond motifs is 1. The lowest BCUT2D eigenvalue weighted by Gasteiger charge is -2.20. The largest absolute Gasteiger partial charge is 0.444 e. The third-order valence-corrected chi connectivity index (χ3v) is 3.97. The summed E-state index contributed by atoms with van der Waals surface area (Å²) in [4.78, 5) is 12.1. The van der Waals surface area contributed by atoms with Crippen molar-refractivity contribution >= 4 is 48.6 Å². The predicted octanol–water partition coefficient (Wildman–Crippen LogP) is 4.29. The fourth-order valence-electron chi connectivity index (χ4n) is 2.03. The van der Waals surface area contributed by atoms with Crippen molar-refractivity contribution < 1.29 is 22.1 Å². The molecule has 130 valence electrons. The van der Waals surface area contributed by atoms with Crippen LogP contribution in [0.5, 0.6) is 5.75 Å². The minimum absolute atomic E-state index is 0.162. The van der Waals surface area contributed by atoms with Gasteiger partial charge in [-0.15, -0.1) is 0 Å². The zero-order chi connectivity index (χ0) is 18.1. The fraction of sp³-hybridized carbons (Fsp3) is 0.312. The molecule has 24 heavy (non-hydrogen) atoms. The summed E-state index contributed by atoms with van der Waals surface area (Å²) in [5.41, 5.74) is -0.160. The zero-order valence-corrected chi connectivity index (χ0v) is 16.1. The highest BCUT2D eigenvalue weighted by Gasteiger charge is 2.18. The maximum Gasteiger partial charge on any atom is 0.412 e. The summed E-state index contributed by atoms with van der Waals surface area (Å²) in [7, 11) is -3.64. The van der Waals surface area contributed by atoms with Crippen LogP contribution in [-0.4, -0.2) is 26.4 Å². The van der Waals surface area contributed by atoms with Gasteiger partial charge in [0.05, 0.1) is 11.9 Å². The second-order valence-corrected chi connectivity index (χ2v) is 8.65. The summed E-state index contributed by atoms with van der Waals surface area (Å²) in [6.45, 7) is 5.30. The smallest absolute Gasteiger partial charge is 0.412 e. The van der Waals surface area contributed by atoms with Crippen LogP contribution in [0.2, 0.25) is 0 Å². The van der Waals surface area contributed by atoms with E-state index < -0.39 is 21.8 Å². The van der Waals surface area contributed by atoms with Crippen molar-refractivity contribution in [3.8, 4) is 5.75 Å². The van der Waals surface area contributed by atoms with E-state index in [1.807, 2.05) is 6.07 Å². The van der Waals surface area contributed by atoms with Gasteiger partial charge in [0, 0.05) is 9.86 Å². The van der Waals surface area contributed by atoms with E-state index in [0.717, 1.165) is 11.6 Å². The molecule has 0 fully saturated rings. The number of ether oxygens (including phenoxy) is 1. The Balaban J connectivity index is 2.45. The molecule has 2 aromatic rings. The molecule has 8 heteroatoms. The second-order valence-electron chi connectivity index (χ2n) is 6.22. The first-order chi connectivity index (χ1) is 10.9.